The normalized spacial score (nSPS) is 14.4. The van der Waals surface area contributed by atoms with Gasteiger partial charge in [0.05, 0.1) is 0 Å². The van der Waals surface area contributed by atoms with E-state index in [1.54, 1.807) is 6.07 Å². The van der Waals surface area contributed by atoms with Crippen LogP contribution in [0.1, 0.15) is 36.1 Å². The van der Waals surface area contributed by atoms with E-state index in [0.29, 0.717) is 0 Å². The summed E-state index contributed by atoms with van der Waals surface area (Å²) in [6.45, 7) is 8.33. The van der Waals surface area contributed by atoms with E-state index in [0.717, 1.165) is 22.3 Å². The molecule has 0 amide bonds. The third-order valence-electron chi connectivity index (χ3n) is 5.52. The Morgan fingerprint density at radius 2 is 1.46 bits per heavy atom. The molecule has 1 aliphatic carbocycles. The van der Waals surface area contributed by atoms with Gasteiger partial charge < -0.3 is 0 Å². The minimum Gasteiger partial charge on any atom is -0.207 e. The summed E-state index contributed by atoms with van der Waals surface area (Å²) in [7, 11) is 0. The van der Waals surface area contributed by atoms with E-state index in [4.69, 9.17) is 0 Å². The Labute approximate surface area is 143 Å². The summed E-state index contributed by atoms with van der Waals surface area (Å²) in [4.78, 5) is 0. The maximum absolute atomic E-state index is 14.2. The molecule has 0 nitrogen and oxygen atoms in total. The van der Waals surface area contributed by atoms with Crippen LogP contribution in [-0.4, -0.2) is 0 Å². The van der Waals surface area contributed by atoms with Gasteiger partial charge in [0.25, 0.3) is 0 Å². The van der Waals surface area contributed by atoms with Gasteiger partial charge in [-0.25, -0.2) is 4.39 Å². The quantitative estimate of drug-likeness (QED) is 0.486. The number of hydrogen-bond donors (Lipinski definition) is 0. The molecule has 3 aromatic rings. The van der Waals surface area contributed by atoms with Crippen LogP contribution in [0, 0.1) is 19.7 Å². The lowest BCUT2D eigenvalue weighted by molar-refractivity contribution is 0.617. The number of fused-ring (bicyclic) bond motifs is 3. The van der Waals surface area contributed by atoms with Crippen molar-refractivity contribution in [2.24, 2.45) is 0 Å². The van der Waals surface area contributed by atoms with Crippen LogP contribution < -0.4 is 0 Å². The number of rotatable bonds is 1. The molecule has 0 saturated carbocycles. The van der Waals surface area contributed by atoms with Crippen LogP contribution in [0.5, 0.6) is 0 Å². The van der Waals surface area contributed by atoms with E-state index in [2.05, 4.69) is 62.4 Å². The molecule has 0 fully saturated rings. The number of aryl methyl sites for hydroxylation is 1. The summed E-state index contributed by atoms with van der Waals surface area (Å²) < 4.78 is 14.2. The first-order chi connectivity index (χ1) is 11.4. The summed E-state index contributed by atoms with van der Waals surface area (Å²) in [5.41, 5.74) is 9.02. The third-order valence-corrected chi connectivity index (χ3v) is 5.52. The Kier molecular flexibility index (Phi) is 3.18. The molecule has 0 heterocycles. The van der Waals surface area contributed by atoms with Crippen molar-refractivity contribution in [3.05, 3.63) is 82.7 Å². The van der Waals surface area contributed by atoms with Gasteiger partial charge in [0.1, 0.15) is 5.82 Å². The molecule has 0 atom stereocenters. The lowest BCUT2D eigenvalue weighted by atomic mass is 9.81. The molecule has 120 valence electrons. The number of hydrogen-bond acceptors (Lipinski definition) is 0. The Balaban J connectivity index is 1.91. The lowest BCUT2D eigenvalue weighted by Crippen LogP contribution is -2.14. The molecule has 1 heteroatoms. The summed E-state index contributed by atoms with van der Waals surface area (Å²) in [6.07, 6.45) is 0. The molecule has 0 N–H and O–H groups in total. The highest BCUT2D eigenvalue weighted by molar-refractivity contribution is 5.83. The first-order valence-corrected chi connectivity index (χ1v) is 8.41. The zero-order valence-electron chi connectivity index (χ0n) is 14.6. The Bertz CT molecular complexity index is 941. The Hall–Kier alpha value is -2.41. The Morgan fingerprint density at radius 3 is 2.21 bits per heavy atom. The van der Waals surface area contributed by atoms with Crippen molar-refractivity contribution in [2.45, 2.75) is 33.1 Å². The molecule has 0 aliphatic heterocycles. The second-order valence-electron chi connectivity index (χ2n) is 7.33. The molecule has 0 bridgehead atoms. The van der Waals surface area contributed by atoms with Gasteiger partial charge in [0, 0.05) is 5.41 Å². The van der Waals surface area contributed by atoms with Crippen LogP contribution >= 0.6 is 0 Å². The van der Waals surface area contributed by atoms with Crippen molar-refractivity contribution in [1.29, 1.82) is 0 Å². The van der Waals surface area contributed by atoms with Crippen molar-refractivity contribution < 1.29 is 4.39 Å². The van der Waals surface area contributed by atoms with Crippen molar-refractivity contribution in [1.82, 2.24) is 0 Å². The zero-order chi connectivity index (χ0) is 17.1. The minimum absolute atomic E-state index is 0.0276. The van der Waals surface area contributed by atoms with E-state index in [1.165, 1.54) is 22.3 Å². The van der Waals surface area contributed by atoms with Crippen LogP contribution in [0.2, 0.25) is 0 Å². The fraction of sp³-hybridized carbons (Fsp3) is 0.217. The molecule has 24 heavy (non-hydrogen) atoms. The molecule has 0 spiro atoms. The molecular weight excluding hydrogens is 295 g/mol. The monoisotopic (exact) mass is 316 g/mol. The summed E-state index contributed by atoms with van der Waals surface area (Å²) in [5.74, 6) is -0.131. The van der Waals surface area contributed by atoms with Crippen molar-refractivity contribution in [3.8, 4) is 22.3 Å². The average Bonchev–Trinajstić information content (AvgIpc) is 2.80. The Morgan fingerprint density at radius 1 is 0.750 bits per heavy atom. The largest absolute Gasteiger partial charge is 0.207 e. The molecule has 0 unspecified atom stereocenters. The fourth-order valence-electron chi connectivity index (χ4n) is 3.87. The van der Waals surface area contributed by atoms with E-state index < -0.39 is 0 Å². The number of benzene rings is 3. The van der Waals surface area contributed by atoms with Gasteiger partial charge in [-0.05, 0) is 70.5 Å². The van der Waals surface area contributed by atoms with Crippen LogP contribution in [-0.2, 0) is 5.41 Å². The molecular formula is C23H21F. The second-order valence-corrected chi connectivity index (χ2v) is 7.33. The fourth-order valence-corrected chi connectivity index (χ4v) is 3.87. The maximum Gasteiger partial charge on any atom is 0.126 e. The van der Waals surface area contributed by atoms with Gasteiger partial charge in [-0.3, -0.25) is 0 Å². The third kappa shape index (κ3) is 2.04. The van der Waals surface area contributed by atoms with Crippen molar-refractivity contribution in [2.75, 3.05) is 0 Å². The highest BCUT2D eigenvalue weighted by atomic mass is 19.1. The SMILES string of the molecule is Cc1cc(-c2ccc3c(c2)C(C)(C)c2ccccc2-3)cc(F)c1C. The number of halogens is 1. The van der Waals surface area contributed by atoms with Crippen LogP contribution in [0.3, 0.4) is 0 Å². The predicted octanol–water partition coefficient (Wildman–Crippen LogP) is 6.42. The van der Waals surface area contributed by atoms with Gasteiger partial charge in [-0.15, -0.1) is 0 Å². The van der Waals surface area contributed by atoms with Crippen LogP contribution in [0.4, 0.5) is 4.39 Å². The molecule has 0 radical (unpaired) electrons. The molecule has 0 aromatic heterocycles. The topological polar surface area (TPSA) is 0 Å². The standard InChI is InChI=1S/C23H21F/c1-14-11-17(13-22(24)15(14)2)16-9-10-19-18-7-5-6-8-20(18)23(3,4)21(19)12-16/h5-13H,1-4H3. The highest BCUT2D eigenvalue weighted by Crippen LogP contribution is 2.49. The van der Waals surface area contributed by atoms with Gasteiger partial charge in [0.15, 0.2) is 0 Å². The first kappa shape index (κ1) is 15.1. The minimum atomic E-state index is -0.131. The molecule has 0 saturated heterocycles. The van der Waals surface area contributed by atoms with E-state index in [1.807, 2.05) is 13.8 Å². The first-order valence-electron chi connectivity index (χ1n) is 8.41. The maximum atomic E-state index is 14.2. The van der Waals surface area contributed by atoms with Gasteiger partial charge >= 0.3 is 0 Å². The average molecular weight is 316 g/mol. The molecule has 1 aliphatic rings. The van der Waals surface area contributed by atoms with Gasteiger partial charge in [-0.2, -0.15) is 0 Å². The van der Waals surface area contributed by atoms with Crippen LogP contribution in [0.25, 0.3) is 22.3 Å². The van der Waals surface area contributed by atoms with Gasteiger partial charge in [0.2, 0.25) is 0 Å². The highest BCUT2D eigenvalue weighted by Gasteiger charge is 2.35. The van der Waals surface area contributed by atoms with Gasteiger partial charge in [-0.1, -0.05) is 56.3 Å². The van der Waals surface area contributed by atoms with Crippen molar-refractivity contribution >= 4 is 0 Å². The van der Waals surface area contributed by atoms with Crippen molar-refractivity contribution in [3.63, 3.8) is 0 Å². The lowest BCUT2D eigenvalue weighted by Gasteiger charge is -2.22. The van der Waals surface area contributed by atoms with Crippen LogP contribution in [0.15, 0.2) is 54.6 Å². The van der Waals surface area contributed by atoms with E-state index >= 15 is 0 Å². The zero-order valence-corrected chi connectivity index (χ0v) is 14.6. The van der Waals surface area contributed by atoms with E-state index in [-0.39, 0.29) is 11.2 Å². The summed E-state index contributed by atoms with van der Waals surface area (Å²) in [5, 5.41) is 0. The molecule has 4 rings (SSSR count). The smallest absolute Gasteiger partial charge is 0.126 e. The predicted molar refractivity (Wildman–Crippen MR) is 98.9 cm³/mol. The molecule has 3 aromatic carbocycles. The summed E-state index contributed by atoms with van der Waals surface area (Å²) >= 11 is 0. The summed E-state index contributed by atoms with van der Waals surface area (Å²) in [6, 6.07) is 18.9. The second kappa shape index (κ2) is 5.04. The van der Waals surface area contributed by atoms with E-state index in [9.17, 15) is 4.39 Å².